The van der Waals surface area contributed by atoms with Crippen molar-refractivity contribution < 1.29 is 9.47 Å². The molecule has 0 aliphatic carbocycles. The van der Waals surface area contributed by atoms with Gasteiger partial charge < -0.3 is 9.47 Å². The number of rotatable bonds is 5. The Labute approximate surface area is 147 Å². The largest absolute Gasteiger partial charge is 0.486 e. The molecule has 0 fully saturated rings. The molecule has 25 heavy (non-hydrogen) atoms. The maximum atomic E-state index is 6.03. The van der Waals surface area contributed by atoms with E-state index in [9.17, 15) is 0 Å². The van der Waals surface area contributed by atoms with Crippen molar-refractivity contribution in [2.24, 2.45) is 0 Å². The first-order valence-electron chi connectivity index (χ1n) is 8.44. The zero-order valence-electron chi connectivity index (χ0n) is 14.2. The predicted molar refractivity (Wildman–Crippen MR) is 96.3 cm³/mol. The Morgan fingerprint density at radius 3 is 2.68 bits per heavy atom. The summed E-state index contributed by atoms with van der Waals surface area (Å²) in [6.07, 6.45) is 4.01. The van der Waals surface area contributed by atoms with Crippen molar-refractivity contribution in [3.8, 4) is 17.2 Å². The molecule has 1 aromatic heterocycles. The highest BCUT2D eigenvalue weighted by molar-refractivity contribution is 5.40. The van der Waals surface area contributed by atoms with Gasteiger partial charge in [0.2, 0.25) is 0 Å². The molecule has 4 rings (SSSR count). The Balaban J connectivity index is 1.35. The van der Waals surface area contributed by atoms with Crippen molar-refractivity contribution in [3.05, 3.63) is 72.6 Å². The quantitative estimate of drug-likeness (QED) is 0.718. The fourth-order valence-corrected chi connectivity index (χ4v) is 3.04. The van der Waals surface area contributed by atoms with E-state index < -0.39 is 0 Å². The molecule has 0 saturated heterocycles. The average Bonchev–Trinajstić information content (AvgIpc) is 3.10. The van der Waals surface area contributed by atoms with Crippen LogP contribution in [0.25, 0.3) is 5.69 Å². The molecule has 0 radical (unpaired) electrons. The molecule has 1 atom stereocenters. The van der Waals surface area contributed by atoms with E-state index in [1.54, 1.807) is 0 Å². The predicted octanol–water partition coefficient (Wildman–Crippen LogP) is 3.14. The van der Waals surface area contributed by atoms with Gasteiger partial charge in [-0.15, -0.1) is 0 Å². The minimum atomic E-state index is 0.0315. The van der Waals surface area contributed by atoms with Crippen LogP contribution in [0.5, 0.6) is 11.5 Å². The topological polar surface area (TPSA) is 39.5 Å². The molecule has 0 N–H and O–H groups in total. The fourth-order valence-electron chi connectivity index (χ4n) is 3.04. The summed E-state index contributed by atoms with van der Waals surface area (Å²) in [4.78, 5) is 2.23. The number of hydrogen-bond donors (Lipinski definition) is 0. The zero-order valence-corrected chi connectivity index (χ0v) is 14.2. The van der Waals surface area contributed by atoms with E-state index >= 15 is 0 Å². The van der Waals surface area contributed by atoms with E-state index in [1.807, 2.05) is 65.5 Å². The van der Waals surface area contributed by atoms with Crippen molar-refractivity contribution in [2.75, 3.05) is 20.2 Å². The molecule has 2 heterocycles. The van der Waals surface area contributed by atoms with E-state index in [4.69, 9.17) is 9.47 Å². The van der Waals surface area contributed by atoms with Gasteiger partial charge in [-0.3, -0.25) is 4.90 Å². The van der Waals surface area contributed by atoms with Crippen molar-refractivity contribution in [3.63, 3.8) is 0 Å². The second-order valence-corrected chi connectivity index (χ2v) is 6.32. The highest BCUT2D eigenvalue weighted by atomic mass is 16.6. The Hall–Kier alpha value is -2.79. The fraction of sp³-hybridized carbons (Fsp3) is 0.250. The van der Waals surface area contributed by atoms with Gasteiger partial charge in [-0.25, -0.2) is 4.68 Å². The summed E-state index contributed by atoms with van der Waals surface area (Å²) in [5.74, 6) is 1.65. The third-order valence-corrected chi connectivity index (χ3v) is 4.19. The van der Waals surface area contributed by atoms with Gasteiger partial charge in [0.05, 0.1) is 11.9 Å². The Morgan fingerprint density at radius 1 is 1.08 bits per heavy atom. The summed E-state index contributed by atoms with van der Waals surface area (Å²) >= 11 is 0. The number of fused-ring (bicyclic) bond motifs is 1. The van der Waals surface area contributed by atoms with Crippen LogP contribution in [0, 0.1) is 0 Å². The molecular formula is C20H21N3O2. The van der Waals surface area contributed by atoms with Crippen LogP contribution in [0.4, 0.5) is 0 Å². The van der Waals surface area contributed by atoms with Gasteiger partial charge in [-0.2, -0.15) is 5.10 Å². The molecular weight excluding hydrogens is 314 g/mol. The second-order valence-electron chi connectivity index (χ2n) is 6.32. The van der Waals surface area contributed by atoms with Crippen LogP contribution in [0.3, 0.4) is 0 Å². The van der Waals surface area contributed by atoms with Gasteiger partial charge in [0.15, 0.2) is 11.5 Å². The first-order valence-corrected chi connectivity index (χ1v) is 8.44. The summed E-state index contributed by atoms with van der Waals surface area (Å²) in [5.41, 5.74) is 2.24. The highest BCUT2D eigenvalue weighted by Crippen LogP contribution is 2.31. The second kappa shape index (κ2) is 6.99. The lowest BCUT2D eigenvalue weighted by atomic mass is 10.2. The first-order chi connectivity index (χ1) is 12.3. The maximum absolute atomic E-state index is 6.03. The van der Waals surface area contributed by atoms with Crippen LogP contribution in [-0.4, -0.2) is 41.0 Å². The monoisotopic (exact) mass is 335 g/mol. The molecule has 5 heteroatoms. The van der Waals surface area contributed by atoms with E-state index in [1.165, 1.54) is 5.56 Å². The third-order valence-electron chi connectivity index (χ3n) is 4.19. The molecule has 0 bridgehead atoms. The number of para-hydroxylation sites is 3. The van der Waals surface area contributed by atoms with Gasteiger partial charge in [0.1, 0.15) is 12.7 Å². The molecule has 1 aliphatic rings. The van der Waals surface area contributed by atoms with Crippen molar-refractivity contribution in [2.45, 2.75) is 12.6 Å². The average molecular weight is 335 g/mol. The standard InChI is InChI=1S/C20H21N3O2/c1-22(14-18-15-24-19-9-5-6-10-20(19)25-18)12-16-11-21-23(13-16)17-7-3-2-4-8-17/h2-11,13,18H,12,14-15H2,1H3. The summed E-state index contributed by atoms with van der Waals surface area (Å²) in [6.45, 7) is 2.18. The van der Waals surface area contributed by atoms with Crippen LogP contribution in [0.15, 0.2) is 67.0 Å². The third kappa shape index (κ3) is 3.67. The Morgan fingerprint density at radius 2 is 1.84 bits per heavy atom. The molecule has 2 aromatic carbocycles. The Kier molecular flexibility index (Phi) is 4.39. The highest BCUT2D eigenvalue weighted by Gasteiger charge is 2.22. The summed E-state index contributed by atoms with van der Waals surface area (Å²) < 4.78 is 13.7. The first kappa shape index (κ1) is 15.7. The summed E-state index contributed by atoms with van der Waals surface area (Å²) in [7, 11) is 2.09. The van der Waals surface area contributed by atoms with Gasteiger partial charge >= 0.3 is 0 Å². The zero-order chi connectivity index (χ0) is 17.1. The van der Waals surface area contributed by atoms with Crippen LogP contribution >= 0.6 is 0 Å². The van der Waals surface area contributed by atoms with E-state index in [0.717, 1.165) is 30.3 Å². The smallest absolute Gasteiger partial charge is 0.161 e. The summed E-state index contributed by atoms with van der Waals surface area (Å²) in [5, 5.41) is 4.45. The molecule has 5 nitrogen and oxygen atoms in total. The van der Waals surface area contributed by atoms with E-state index in [2.05, 4.69) is 23.2 Å². The Bertz CT molecular complexity index is 832. The van der Waals surface area contributed by atoms with Crippen LogP contribution in [-0.2, 0) is 6.54 Å². The maximum Gasteiger partial charge on any atom is 0.161 e. The SMILES string of the molecule is CN(Cc1cnn(-c2ccccc2)c1)CC1COc2ccccc2O1. The normalized spacial score (nSPS) is 16.2. The lowest BCUT2D eigenvalue weighted by Crippen LogP contribution is -2.39. The number of aromatic nitrogens is 2. The van der Waals surface area contributed by atoms with Gasteiger partial charge in [0, 0.05) is 24.8 Å². The van der Waals surface area contributed by atoms with Crippen LogP contribution in [0.1, 0.15) is 5.56 Å². The lowest BCUT2D eigenvalue weighted by molar-refractivity contribution is 0.0638. The molecule has 0 amide bonds. The molecule has 3 aromatic rings. The molecule has 1 aliphatic heterocycles. The molecule has 1 unspecified atom stereocenters. The minimum Gasteiger partial charge on any atom is -0.486 e. The minimum absolute atomic E-state index is 0.0315. The number of ether oxygens (including phenoxy) is 2. The molecule has 0 spiro atoms. The van der Waals surface area contributed by atoms with Crippen molar-refractivity contribution in [1.29, 1.82) is 0 Å². The van der Waals surface area contributed by atoms with E-state index in [-0.39, 0.29) is 6.10 Å². The number of hydrogen-bond acceptors (Lipinski definition) is 4. The van der Waals surface area contributed by atoms with Crippen molar-refractivity contribution in [1.82, 2.24) is 14.7 Å². The number of nitrogens with zero attached hydrogens (tertiary/aromatic N) is 3. The lowest BCUT2D eigenvalue weighted by Gasteiger charge is -2.29. The van der Waals surface area contributed by atoms with Gasteiger partial charge in [-0.1, -0.05) is 30.3 Å². The van der Waals surface area contributed by atoms with Gasteiger partial charge in [-0.05, 0) is 31.3 Å². The van der Waals surface area contributed by atoms with Gasteiger partial charge in [0.25, 0.3) is 0 Å². The van der Waals surface area contributed by atoms with Crippen LogP contribution in [0.2, 0.25) is 0 Å². The molecule has 0 saturated carbocycles. The molecule has 128 valence electrons. The van der Waals surface area contributed by atoms with Crippen molar-refractivity contribution >= 4 is 0 Å². The van der Waals surface area contributed by atoms with Crippen LogP contribution < -0.4 is 9.47 Å². The number of likely N-dealkylation sites (N-methyl/N-ethyl adjacent to an activating group) is 1. The summed E-state index contributed by atoms with van der Waals surface area (Å²) in [6, 6.07) is 17.9. The van der Waals surface area contributed by atoms with E-state index in [0.29, 0.717) is 6.61 Å². The number of benzene rings is 2.